The monoisotopic (exact) mass is 254 g/mol. The Morgan fingerprint density at radius 2 is 1.72 bits per heavy atom. The Labute approximate surface area is 112 Å². The van der Waals surface area contributed by atoms with E-state index >= 15 is 0 Å². The summed E-state index contributed by atoms with van der Waals surface area (Å²) in [4.78, 5) is 14.4. The van der Waals surface area contributed by atoms with Gasteiger partial charge in [-0.05, 0) is 45.7 Å². The molecule has 1 heterocycles. The molecule has 1 N–H and O–H groups in total. The fourth-order valence-corrected chi connectivity index (χ4v) is 3.02. The highest BCUT2D eigenvalue weighted by Gasteiger charge is 2.27. The zero-order valence-electron chi connectivity index (χ0n) is 12.4. The van der Waals surface area contributed by atoms with E-state index in [1.165, 1.54) is 25.7 Å². The van der Waals surface area contributed by atoms with Gasteiger partial charge in [-0.3, -0.25) is 4.79 Å². The lowest BCUT2D eigenvalue weighted by atomic mass is 9.93. The largest absolute Gasteiger partial charge is 0.356 e. The van der Waals surface area contributed by atoms with Crippen molar-refractivity contribution in [1.29, 1.82) is 0 Å². The molecular weight excluding hydrogens is 224 g/mol. The molecule has 0 saturated carbocycles. The summed E-state index contributed by atoms with van der Waals surface area (Å²) in [5.74, 6) is 0.518. The first kappa shape index (κ1) is 15.5. The van der Waals surface area contributed by atoms with Gasteiger partial charge in [-0.2, -0.15) is 0 Å². The topological polar surface area (TPSA) is 32.3 Å². The first-order valence-electron chi connectivity index (χ1n) is 7.74. The van der Waals surface area contributed by atoms with Gasteiger partial charge in [0.05, 0.1) is 0 Å². The molecule has 0 aliphatic carbocycles. The third-order valence-corrected chi connectivity index (χ3v) is 4.01. The van der Waals surface area contributed by atoms with Crippen LogP contribution in [0.15, 0.2) is 0 Å². The number of carbonyl (C=O) groups is 1. The molecule has 1 fully saturated rings. The van der Waals surface area contributed by atoms with Gasteiger partial charge in [0, 0.05) is 18.5 Å². The predicted octanol–water partition coefficient (Wildman–Crippen LogP) is 2.80. The zero-order valence-corrected chi connectivity index (χ0v) is 12.4. The highest BCUT2D eigenvalue weighted by Crippen LogP contribution is 2.22. The fraction of sp³-hybridized carbons (Fsp3) is 0.933. The Hall–Kier alpha value is -0.570. The second kappa shape index (κ2) is 8.52. The van der Waals surface area contributed by atoms with Crippen LogP contribution < -0.4 is 5.32 Å². The number of amides is 1. The molecule has 1 aliphatic heterocycles. The SMILES string of the molecule is CCCC(CCC)N1CCC(C(=O)NCC)CC1. The minimum Gasteiger partial charge on any atom is -0.356 e. The van der Waals surface area contributed by atoms with Crippen LogP contribution in [0.5, 0.6) is 0 Å². The van der Waals surface area contributed by atoms with E-state index in [-0.39, 0.29) is 11.8 Å². The smallest absolute Gasteiger partial charge is 0.223 e. The van der Waals surface area contributed by atoms with Crippen LogP contribution in [-0.2, 0) is 4.79 Å². The zero-order chi connectivity index (χ0) is 13.4. The molecule has 3 nitrogen and oxygen atoms in total. The van der Waals surface area contributed by atoms with Crippen molar-refractivity contribution in [2.45, 2.75) is 65.3 Å². The fourth-order valence-electron chi connectivity index (χ4n) is 3.02. The lowest BCUT2D eigenvalue weighted by Gasteiger charge is -2.37. The van der Waals surface area contributed by atoms with Crippen LogP contribution in [0.4, 0.5) is 0 Å². The number of hydrogen-bond donors (Lipinski definition) is 1. The maximum Gasteiger partial charge on any atom is 0.223 e. The molecule has 0 atom stereocenters. The Kier molecular flexibility index (Phi) is 7.33. The quantitative estimate of drug-likeness (QED) is 0.757. The lowest BCUT2D eigenvalue weighted by molar-refractivity contribution is -0.126. The minimum absolute atomic E-state index is 0.255. The predicted molar refractivity (Wildman–Crippen MR) is 76.6 cm³/mol. The molecule has 0 aromatic heterocycles. The second-order valence-electron chi connectivity index (χ2n) is 5.44. The molecule has 106 valence electrons. The van der Waals surface area contributed by atoms with E-state index in [0.717, 1.165) is 38.5 Å². The summed E-state index contributed by atoms with van der Waals surface area (Å²) in [6.45, 7) is 9.49. The molecular formula is C15H30N2O. The minimum atomic E-state index is 0.255. The van der Waals surface area contributed by atoms with Gasteiger partial charge in [0.25, 0.3) is 0 Å². The number of likely N-dealkylation sites (tertiary alicyclic amines) is 1. The van der Waals surface area contributed by atoms with Crippen LogP contribution in [0.2, 0.25) is 0 Å². The number of piperidine rings is 1. The first-order valence-corrected chi connectivity index (χ1v) is 7.74. The molecule has 0 aromatic rings. The van der Waals surface area contributed by atoms with E-state index in [1.54, 1.807) is 0 Å². The summed E-state index contributed by atoms with van der Waals surface area (Å²) in [5.41, 5.74) is 0. The van der Waals surface area contributed by atoms with E-state index in [1.807, 2.05) is 6.92 Å². The van der Waals surface area contributed by atoms with Crippen molar-refractivity contribution in [3.05, 3.63) is 0 Å². The molecule has 18 heavy (non-hydrogen) atoms. The van der Waals surface area contributed by atoms with Gasteiger partial charge in [-0.1, -0.05) is 26.7 Å². The molecule has 1 saturated heterocycles. The Balaban J connectivity index is 2.38. The summed E-state index contributed by atoms with van der Waals surface area (Å²) in [6.07, 6.45) is 7.21. The Bertz CT molecular complexity index is 229. The highest BCUT2D eigenvalue weighted by atomic mass is 16.1. The number of rotatable bonds is 7. The van der Waals surface area contributed by atoms with E-state index < -0.39 is 0 Å². The summed E-state index contributed by atoms with van der Waals surface area (Å²) in [6, 6.07) is 0.746. The van der Waals surface area contributed by atoms with Crippen LogP contribution in [0, 0.1) is 5.92 Å². The Morgan fingerprint density at radius 3 is 2.17 bits per heavy atom. The van der Waals surface area contributed by atoms with Gasteiger partial charge in [0.2, 0.25) is 5.91 Å². The van der Waals surface area contributed by atoms with Crippen molar-refractivity contribution in [2.75, 3.05) is 19.6 Å². The first-order chi connectivity index (χ1) is 8.72. The van der Waals surface area contributed by atoms with Crippen molar-refractivity contribution >= 4 is 5.91 Å². The van der Waals surface area contributed by atoms with E-state index in [4.69, 9.17) is 0 Å². The van der Waals surface area contributed by atoms with Crippen molar-refractivity contribution < 1.29 is 4.79 Å². The van der Waals surface area contributed by atoms with E-state index in [9.17, 15) is 4.79 Å². The number of nitrogens with zero attached hydrogens (tertiary/aromatic N) is 1. The van der Waals surface area contributed by atoms with Crippen LogP contribution in [0.25, 0.3) is 0 Å². The highest BCUT2D eigenvalue weighted by molar-refractivity contribution is 5.78. The third-order valence-electron chi connectivity index (χ3n) is 4.01. The molecule has 0 unspecified atom stereocenters. The van der Waals surface area contributed by atoms with Gasteiger partial charge in [-0.25, -0.2) is 0 Å². The summed E-state index contributed by atoms with van der Waals surface area (Å²) < 4.78 is 0. The maximum absolute atomic E-state index is 11.8. The van der Waals surface area contributed by atoms with Crippen molar-refractivity contribution in [3.8, 4) is 0 Å². The van der Waals surface area contributed by atoms with Gasteiger partial charge >= 0.3 is 0 Å². The van der Waals surface area contributed by atoms with Crippen LogP contribution >= 0.6 is 0 Å². The maximum atomic E-state index is 11.8. The normalized spacial score (nSPS) is 18.2. The lowest BCUT2D eigenvalue weighted by Crippen LogP contribution is -2.44. The van der Waals surface area contributed by atoms with Crippen LogP contribution in [0.1, 0.15) is 59.3 Å². The molecule has 1 amide bonds. The second-order valence-corrected chi connectivity index (χ2v) is 5.44. The van der Waals surface area contributed by atoms with Crippen molar-refractivity contribution in [1.82, 2.24) is 10.2 Å². The number of nitrogens with one attached hydrogen (secondary N) is 1. The van der Waals surface area contributed by atoms with Crippen molar-refractivity contribution in [2.24, 2.45) is 5.92 Å². The average Bonchev–Trinajstić information content (AvgIpc) is 2.39. The van der Waals surface area contributed by atoms with Gasteiger partial charge in [0.15, 0.2) is 0 Å². The molecule has 0 spiro atoms. The van der Waals surface area contributed by atoms with Crippen molar-refractivity contribution in [3.63, 3.8) is 0 Å². The van der Waals surface area contributed by atoms with E-state index in [0.29, 0.717) is 0 Å². The molecule has 0 bridgehead atoms. The molecule has 1 aliphatic rings. The average molecular weight is 254 g/mol. The molecule has 3 heteroatoms. The summed E-state index contributed by atoms with van der Waals surface area (Å²) >= 11 is 0. The molecule has 0 radical (unpaired) electrons. The van der Waals surface area contributed by atoms with E-state index in [2.05, 4.69) is 24.1 Å². The standard InChI is InChI=1S/C15H30N2O/c1-4-7-14(8-5-2)17-11-9-13(10-12-17)15(18)16-6-3/h13-14H,4-12H2,1-3H3,(H,16,18). The Morgan fingerprint density at radius 1 is 1.17 bits per heavy atom. The third kappa shape index (κ3) is 4.60. The van der Waals surface area contributed by atoms with Gasteiger partial charge < -0.3 is 10.2 Å². The number of hydrogen-bond acceptors (Lipinski definition) is 2. The molecule has 0 aromatic carbocycles. The van der Waals surface area contributed by atoms with Crippen LogP contribution in [0.3, 0.4) is 0 Å². The summed E-state index contributed by atoms with van der Waals surface area (Å²) in [5, 5.41) is 2.95. The summed E-state index contributed by atoms with van der Waals surface area (Å²) in [7, 11) is 0. The number of carbonyl (C=O) groups excluding carboxylic acids is 1. The molecule has 1 rings (SSSR count). The van der Waals surface area contributed by atoms with Gasteiger partial charge in [-0.15, -0.1) is 0 Å². The van der Waals surface area contributed by atoms with Gasteiger partial charge in [0.1, 0.15) is 0 Å². The van der Waals surface area contributed by atoms with Crippen LogP contribution in [-0.4, -0.2) is 36.5 Å².